The zero-order valence-corrected chi connectivity index (χ0v) is 32.6. The molecule has 7 unspecified atom stereocenters. The van der Waals surface area contributed by atoms with Crippen molar-refractivity contribution in [3.8, 4) is 0 Å². The lowest BCUT2D eigenvalue weighted by Crippen LogP contribution is -2.66. The van der Waals surface area contributed by atoms with Gasteiger partial charge < -0.3 is 28.8 Å². The summed E-state index contributed by atoms with van der Waals surface area (Å²) in [6.45, 7) is 18.8. The summed E-state index contributed by atoms with van der Waals surface area (Å²) < 4.78 is 29.1. The molecule has 0 radical (unpaired) electrons. The second-order valence-corrected chi connectivity index (χ2v) is 18.5. The molecule has 0 aromatic carbocycles. The van der Waals surface area contributed by atoms with Crippen molar-refractivity contribution in [2.45, 2.75) is 157 Å². The van der Waals surface area contributed by atoms with Gasteiger partial charge in [-0.2, -0.15) is 0 Å². The van der Waals surface area contributed by atoms with Crippen molar-refractivity contribution >= 4 is 23.7 Å². The number of esters is 3. The van der Waals surface area contributed by atoms with Gasteiger partial charge in [-0.05, 0) is 108 Å². The Kier molecular flexibility index (Phi) is 9.96. The molecule has 12 atom stereocenters. The van der Waals surface area contributed by atoms with Crippen LogP contribution < -0.4 is 0 Å². The van der Waals surface area contributed by atoms with E-state index < -0.39 is 42.0 Å². The highest BCUT2D eigenvalue weighted by Crippen LogP contribution is 2.76. The number of ketones is 1. The highest BCUT2D eigenvalue weighted by molar-refractivity contribution is 6.05. The lowest BCUT2D eigenvalue weighted by Gasteiger charge is -2.72. The Balaban J connectivity index is 1.26. The third-order valence-corrected chi connectivity index (χ3v) is 15.5. The molecule has 6 rings (SSSR count). The Morgan fingerprint density at radius 2 is 1.61 bits per heavy atom. The second-order valence-electron chi connectivity index (χ2n) is 18.5. The van der Waals surface area contributed by atoms with Gasteiger partial charge in [-0.3, -0.25) is 19.2 Å². The fourth-order valence-corrected chi connectivity index (χ4v) is 13.1. The number of hydrogen-bond acceptors (Lipinski definition) is 10. The van der Waals surface area contributed by atoms with Crippen molar-refractivity contribution in [2.75, 3.05) is 13.7 Å². The highest BCUT2D eigenvalue weighted by atomic mass is 16.7. The van der Waals surface area contributed by atoms with E-state index in [0.717, 1.165) is 56.1 Å². The molecular weight excluding hydrogens is 652 g/mol. The van der Waals surface area contributed by atoms with Crippen LogP contribution >= 0.6 is 0 Å². The summed E-state index contributed by atoms with van der Waals surface area (Å²) in [4.78, 5) is 50.7. The van der Waals surface area contributed by atoms with E-state index in [2.05, 4.69) is 48.5 Å². The predicted octanol–water partition coefficient (Wildman–Crippen LogP) is 6.50. The summed E-state index contributed by atoms with van der Waals surface area (Å²) in [6.07, 6.45) is 4.26. The van der Waals surface area contributed by atoms with Gasteiger partial charge >= 0.3 is 17.9 Å². The van der Waals surface area contributed by atoms with Crippen molar-refractivity contribution in [3.05, 3.63) is 11.1 Å². The summed E-state index contributed by atoms with van der Waals surface area (Å²) >= 11 is 0. The molecule has 0 bridgehead atoms. The number of hydrogen-bond donors (Lipinski definition) is 1. The minimum atomic E-state index is -1.14. The molecule has 0 aromatic heterocycles. The van der Waals surface area contributed by atoms with Gasteiger partial charge in [0.25, 0.3) is 0 Å². The topological polar surface area (TPSA) is 135 Å². The first-order valence-electron chi connectivity index (χ1n) is 19.4. The van der Waals surface area contributed by atoms with E-state index in [1.54, 1.807) is 0 Å². The summed E-state index contributed by atoms with van der Waals surface area (Å²) in [5.74, 6) is 0.000233. The maximum Gasteiger partial charge on any atom is 0.316 e. The fourth-order valence-electron chi connectivity index (χ4n) is 13.1. The number of Topliss-reactive ketones (excluding diaryl/α,β-unsaturated/α-hetero) is 1. The van der Waals surface area contributed by atoms with E-state index >= 15 is 0 Å². The van der Waals surface area contributed by atoms with Crippen LogP contribution in [0.1, 0.15) is 127 Å². The normalized spacial score (nSPS) is 44.5. The van der Waals surface area contributed by atoms with Gasteiger partial charge in [0.05, 0.1) is 18.6 Å². The molecule has 0 spiro atoms. The summed E-state index contributed by atoms with van der Waals surface area (Å²) in [5, 5.41) is 10.9. The number of fused-ring (bicyclic) bond motifs is 7. The van der Waals surface area contributed by atoms with Crippen molar-refractivity contribution in [3.63, 3.8) is 0 Å². The molecule has 10 heteroatoms. The van der Waals surface area contributed by atoms with Gasteiger partial charge in [0.2, 0.25) is 0 Å². The van der Waals surface area contributed by atoms with Gasteiger partial charge in [-0.15, -0.1) is 0 Å². The molecule has 4 saturated carbocycles. The fraction of sp³-hybridized carbons (Fsp3) is 0.854. The zero-order valence-electron chi connectivity index (χ0n) is 32.6. The average molecular weight is 715 g/mol. The molecule has 5 fully saturated rings. The van der Waals surface area contributed by atoms with Gasteiger partial charge in [0, 0.05) is 26.7 Å². The molecular formula is C41H62O10. The third-order valence-electron chi connectivity index (χ3n) is 15.5. The number of methoxy groups -OCH3 is 1. The Labute approximate surface area is 304 Å². The van der Waals surface area contributed by atoms with Gasteiger partial charge in [0.15, 0.2) is 12.1 Å². The SMILES string of the molecule is COC(=O)[C@@]12CC[C@]3(C)C(CCC4[C@@]5(C)CC[C@H](OC6CC(OC(C)=O)C(O)C(COC(C)=O)O6)C(C)(C)C5CC[C@]43C)C1=C(C(C)C)C(=O)C2. The smallest absolute Gasteiger partial charge is 0.316 e. The van der Waals surface area contributed by atoms with Crippen LogP contribution in [-0.4, -0.2) is 73.2 Å². The van der Waals surface area contributed by atoms with Crippen LogP contribution in [0.2, 0.25) is 0 Å². The Hall–Kier alpha value is -2.30. The summed E-state index contributed by atoms with van der Waals surface area (Å²) in [5.41, 5.74) is 1.01. The number of rotatable bonds is 7. The molecule has 0 aromatic rings. The van der Waals surface area contributed by atoms with Gasteiger partial charge in [-0.25, -0.2) is 0 Å². The monoisotopic (exact) mass is 714 g/mol. The molecule has 1 N–H and O–H groups in total. The number of aliphatic hydroxyl groups is 1. The standard InChI is InChI=1S/C41H62O10/c1-22(2)33-26(44)20-41(36(46)47-10)18-17-39(8)25(34(33)41)11-12-30-38(7)15-14-31(37(5,6)29(38)13-16-40(30,39)9)51-32-19-27(49-24(4)43)35(45)28(50-32)21-48-23(3)42/h22,25,27-32,35,45H,11-21H2,1-10H3/t25?,27?,28?,29?,30?,31-,32?,35?,38-,39+,40+,41+/m0/s1. The van der Waals surface area contributed by atoms with Crippen LogP contribution in [0.3, 0.4) is 0 Å². The first-order valence-corrected chi connectivity index (χ1v) is 19.4. The second kappa shape index (κ2) is 13.2. The van der Waals surface area contributed by atoms with E-state index in [1.165, 1.54) is 21.0 Å². The van der Waals surface area contributed by atoms with Gasteiger partial charge in [0.1, 0.15) is 24.9 Å². The van der Waals surface area contributed by atoms with Crippen LogP contribution in [0.25, 0.3) is 0 Å². The van der Waals surface area contributed by atoms with E-state index in [-0.39, 0.29) is 70.8 Å². The van der Waals surface area contributed by atoms with E-state index in [1.807, 2.05) is 0 Å². The Morgan fingerprint density at radius 3 is 2.24 bits per heavy atom. The van der Waals surface area contributed by atoms with Crippen molar-refractivity contribution in [2.24, 2.45) is 50.7 Å². The molecule has 0 amide bonds. The van der Waals surface area contributed by atoms with Crippen molar-refractivity contribution in [1.82, 2.24) is 0 Å². The maximum atomic E-state index is 13.7. The van der Waals surface area contributed by atoms with E-state index in [0.29, 0.717) is 18.3 Å². The van der Waals surface area contributed by atoms with Crippen LogP contribution in [0.5, 0.6) is 0 Å². The molecule has 10 nitrogen and oxygen atoms in total. The molecule has 1 saturated heterocycles. The minimum absolute atomic E-state index is 0.0255. The maximum absolute atomic E-state index is 13.7. The van der Waals surface area contributed by atoms with Crippen molar-refractivity contribution < 1.29 is 48.0 Å². The molecule has 5 aliphatic carbocycles. The lowest BCUT2D eigenvalue weighted by molar-refractivity contribution is -0.301. The Morgan fingerprint density at radius 1 is 0.902 bits per heavy atom. The lowest BCUT2D eigenvalue weighted by atomic mass is 9.33. The predicted molar refractivity (Wildman–Crippen MR) is 188 cm³/mol. The highest BCUT2D eigenvalue weighted by Gasteiger charge is 2.71. The van der Waals surface area contributed by atoms with Crippen LogP contribution in [0.4, 0.5) is 0 Å². The van der Waals surface area contributed by atoms with E-state index in [4.69, 9.17) is 23.7 Å². The largest absolute Gasteiger partial charge is 0.468 e. The molecule has 1 heterocycles. The Bertz CT molecular complexity index is 1470. The van der Waals surface area contributed by atoms with Crippen LogP contribution in [0, 0.1) is 50.7 Å². The van der Waals surface area contributed by atoms with Gasteiger partial charge in [-0.1, -0.05) is 48.5 Å². The van der Waals surface area contributed by atoms with Crippen LogP contribution in [0.15, 0.2) is 11.1 Å². The molecule has 51 heavy (non-hydrogen) atoms. The quantitative estimate of drug-likeness (QED) is 0.177. The van der Waals surface area contributed by atoms with Crippen molar-refractivity contribution in [1.29, 1.82) is 0 Å². The summed E-state index contributed by atoms with van der Waals surface area (Å²) in [6, 6.07) is 0. The minimum Gasteiger partial charge on any atom is -0.468 e. The summed E-state index contributed by atoms with van der Waals surface area (Å²) in [7, 11) is 1.46. The first kappa shape index (κ1) is 38.4. The molecule has 286 valence electrons. The average Bonchev–Trinajstić information content (AvgIpc) is 3.36. The van der Waals surface area contributed by atoms with E-state index in [9.17, 15) is 24.3 Å². The number of carbonyl (C=O) groups is 4. The van der Waals surface area contributed by atoms with Crippen LogP contribution in [-0.2, 0) is 42.9 Å². The first-order chi connectivity index (χ1) is 23.8. The number of aliphatic hydroxyl groups excluding tert-OH is 1. The molecule has 6 aliphatic rings. The number of ether oxygens (including phenoxy) is 5. The number of allylic oxidation sites excluding steroid dienone is 1. The number of carbonyl (C=O) groups excluding carboxylic acids is 4. The molecule has 1 aliphatic heterocycles. The zero-order chi connectivity index (χ0) is 37.5. The third kappa shape index (κ3) is 5.83.